The van der Waals surface area contributed by atoms with Gasteiger partial charge in [-0.15, -0.1) is 0 Å². The number of aromatic nitrogens is 4. The molecule has 5 nitrogen and oxygen atoms in total. The van der Waals surface area contributed by atoms with Gasteiger partial charge in [0.25, 0.3) is 0 Å². The fraction of sp³-hybridized carbons (Fsp3) is 0.316. The van der Waals surface area contributed by atoms with E-state index in [9.17, 15) is 0 Å². The first-order chi connectivity index (χ1) is 11.7. The molecule has 0 saturated heterocycles. The normalized spacial score (nSPS) is 14.6. The molecule has 24 heavy (non-hydrogen) atoms. The summed E-state index contributed by atoms with van der Waals surface area (Å²) in [6, 6.07) is 8.30. The van der Waals surface area contributed by atoms with Gasteiger partial charge in [-0.2, -0.15) is 5.10 Å². The van der Waals surface area contributed by atoms with Crippen molar-refractivity contribution in [3.05, 3.63) is 65.2 Å². The Bertz CT molecular complexity index is 868. The van der Waals surface area contributed by atoms with E-state index in [-0.39, 0.29) is 0 Å². The van der Waals surface area contributed by atoms with Crippen LogP contribution in [0.15, 0.2) is 42.9 Å². The largest absolute Gasteiger partial charge is 0.291 e. The molecule has 5 heteroatoms. The molecule has 0 unspecified atom stereocenters. The van der Waals surface area contributed by atoms with Gasteiger partial charge in [0.05, 0.1) is 17.9 Å². The third kappa shape index (κ3) is 2.83. The molecule has 3 aromatic rings. The number of hydrogen-bond acceptors (Lipinski definition) is 4. The van der Waals surface area contributed by atoms with Gasteiger partial charge >= 0.3 is 0 Å². The van der Waals surface area contributed by atoms with Crippen molar-refractivity contribution in [1.29, 1.82) is 0 Å². The summed E-state index contributed by atoms with van der Waals surface area (Å²) in [6.07, 6.45) is 5.66. The van der Waals surface area contributed by atoms with E-state index in [1.54, 1.807) is 0 Å². The Hall–Kier alpha value is -2.53. The number of nitrogens with zero attached hydrogens (tertiary/aromatic N) is 5. The third-order valence-electron chi connectivity index (χ3n) is 4.67. The first-order valence-electron chi connectivity index (χ1n) is 8.31. The SMILES string of the molecule is Cc1ccncc1CN1CCn2nc(-c3ncccc3C)cc2C1. The lowest BCUT2D eigenvalue weighted by atomic mass is 10.1. The predicted octanol–water partition coefficient (Wildman–Crippen LogP) is 2.97. The van der Waals surface area contributed by atoms with Crippen LogP contribution >= 0.6 is 0 Å². The minimum Gasteiger partial charge on any atom is -0.291 e. The first kappa shape index (κ1) is 15.0. The van der Waals surface area contributed by atoms with Crippen LogP contribution in [0.4, 0.5) is 0 Å². The fourth-order valence-electron chi connectivity index (χ4n) is 3.23. The van der Waals surface area contributed by atoms with Crippen LogP contribution in [0.1, 0.15) is 22.4 Å². The van der Waals surface area contributed by atoms with Crippen molar-refractivity contribution in [2.75, 3.05) is 6.54 Å². The lowest BCUT2D eigenvalue weighted by Gasteiger charge is -2.27. The van der Waals surface area contributed by atoms with Gasteiger partial charge in [0.2, 0.25) is 0 Å². The van der Waals surface area contributed by atoms with Crippen molar-refractivity contribution >= 4 is 0 Å². The monoisotopic (exact) mass is 319 g/mol. The van der Waals surface area contributed by atoms with Crippen molar-refractivity contribution in [1.82, 2.24) is 24.6 Å². The lowest BCUT2D eigenvalue weighted by molar-refractivity contribution is 0.205. The maximum atomic E-state index is 4.76. The summed E-state index contributed by atoms with van der Waals surface area (Å²) in [7, 11) is 0. The van der Waals surface area contributed by atoms with Crippen molar-refractivity contribution in [2.45, 2.75) is 33.5 Å². The first-order valence-corrected chi connectivity index (χ1v) is 8.31. The van der Waals surface area contributed by atoms with Crippen LogP contribution in [0, 0.1) is 13.8 Å². The summed E-state index contributed by atoms with van der Waals surface area (Å²) >= 11 is 0. The second-order valence-electron chi connectivity index (χ2n) is 6.43. The highest BCUT2D eigenvalue weighted by Gasteiger charge is 2.20. The molecule has 0 bridgehead atoms. The Morgan fingerprint density at radius 2 is 2.00 bits per heavy atom. The van der Waals surface area contributed by atoms with E-state index in [0.717, 1.165) is 43.1 Å². The molecule has 0 fully saturated rings. The quantitative estimate of drug-likeness (QED) is 0.744. The van der Waals surface area contributed by atoms with Crippen LogP contribution in [0.2, 0.25) is 0 Å². The minimum atomic E-state index is 0.910. The smallest absolute Gasteiger partial charge is 0.111 e. The number of pyridine rings is 2. The van der Waals surface area contributed by atoms with Crippen molar-refractivity contribution in [3.8, 4) is 11.4 Å². The van der Waals surface area contributed by atoms with Crippen LogP contribution < -0.4 is 0 Å². The summed E-state index contributed by atoms with van der Waals surface area (Å²) in [5.74, 6) is 0. The van der Waals surface area contributed by atoms with Crippen molar-refractivity contribution in [2.24, 2.45) is 0 Å². The molecule has 1 aliphatic rings. The standard InChI is InChI=1S/C19H21N5/c1-14-5-7-20-11-16(14)12-23-8-9-24-17(13-23)10-18(22-24)19-15(2)4-3-6-21-19/h3-7,10-11H,8-9,12-13H2,1-2H3. The number of hydrogen-bond donors (Lipinski definition) is 0. The number of aryl methyl sites for hydroxylation is 2. The molecular formula is C19H21N5. The van der Waals surface area contributed by atoms with E-state index in [1.807, 2.05) is 24.7 Å². The summed E-state index contributed by atoms with van der Waals surface area (Å²) in [5.41, 5.74) is 6.97. The number of rotatable bonds is 3. The van der Waals surface area contributed by atoms with Gasteiger partial charge in [0.1, 0.15) is 5.69 Å². The van der Waals surface area contributed by atoms with Gasteiger partial charge in [-0.25, -0.2) is 0 Å². The summed E-state index contributed by atoms with van der Waals surface area (Å²) in [4.78, 5) is 11.2. The van der Waals surface area contributed by atoms with Crippen LogP contribution in [0.5, 0.6) is 0 Å². The third-order valence-corrected chi connectivity index (χ3v) is 4.67. The van der Waals surface area contributed by atoms with Crippen molar-refractivity contribution in [3.63, 3.8) is 0 Å². The molecule has 0 N–H and O–H groups in total. The van der Waals surface area contributed by atoms with Crippen LogP contribution in [0.3, 0.4) is 0 Å². The van der Waals surface area contributed by atoms with E-state index in [1.165, 1.54) is 16.8 Å². The number of fused-ring (bicyclic) bond motifs is 1. The molecule has 0 saturated carbocycles. The van der Waals surface area contributed by atoms with Crippen LogP contribution in [0.25, 0.3) is 11.4 Å². The minimum absolute atomic E-state index is 0.910. The van der Waals surface area contributed by atoms with E-state index >= 15 is 0 Å². The molecule has 3 aromatic heterocycles. The molecule has 0 aliphatic carbocycles. The topological polar surface area (TPSA) is 46.8 Å². The van der Waals surface area contributed by atoms with Gasteiger partial charge < -0.3 is 0 Å². The lowest BCUT2D eigenvalue weighted by Crippen LogP contribution is -2.33. The zero-order valence-corrected chi connectivity index (χ0v) is 14.1. The van der Waals surface area contributed by atoms with E-state index < -0.39 is 0 Å². The summed E-state index contributed by atoms with van der Waals surface area (Å²) in [6.45, 7) is 7.99. The predicted molar refractivity (Wildman–Crippen MR) is 93.3 cm³/mol. The zero-order chi connectivity index (χ0) is 16.5. The van der Waals surface area contributed by atoms with E-state index in [2.05, 4.69) is 51.6 Å². The Balaban J connectivity index is 1.56. The van der Waals surface area contributed by atoms with Gasteiger partial charge in [-0.3, -0.25) is 19.5 Å². The second kappa shape index (κ2) is 6.17. The Kier molecular flexibility index (Phi) is 3.86. The van der Waals surface area contributed by atoms with Gasteiger partial charge in [-0.1, -0.05) is 6.07 Å². The molecule has 4 heterocycles. The zero-order valence-electron chi connectivity index (χ0n) is 14.1. The highest BCUT2D eigenvalue weighted by molar-refractivity contribution is 5.58. The van der Waals surface area contributed by atoms with Crippen LogP contribution in [-0.2, 0) is 19.6 Å². The highest BCUT2D eigenvalue weighted by Crippen LogP contribution is 2.23. The second-order valence-corrected chi connectivity index (χ2v) is 6.43. The molecule has 0 spiro atoms. The van der Waals surface area contributed by atoms with E-state index in [0.29, 0.717) is 0 Å². The Labute approximate surface area is 142 Å². The van der Waals surface area contributed by atoms with E-state index in [4.69, 9.17) is 5.10 Å². The molecular weight excluding hydrogens is 298 g/mol. The highest BCUT2D eigenvalue weighted by atomic mass is 15.3. The molecule has 0 radical (unpaired) electrons. The molecule has 1 aliphatic heterocycles. The molecule has 0 atom stereocenters. The molecule has 0 amide bonds. The average molecular weight is 319 g/mol. The van der Waals surface area contributed by atoms with Gasteiger partial charge in [0.15, 0.2) is 0 Å². The summed E-state index contributed by atoms with van der Waals surface area (Å²) < 4.78 is 2.12. The maximum Gasteiger partial charge on any atom is 0.111 e. The molecule has 122 valence electrons. The van der Waals surface area contributed by atoms with Crippen molar-refractivity contribution < 1.29 is 0 Å². The maximum absolute atomic E-state index is 4.76. The Morgan fingerprint density at radius 3 is 2.83 bits per heavy atom. The average Bonchev–Trinajstić information content (AvgIpc) is 3.00. The van der Waals surface area contributed by atoms with Gasteiger partial charge in [-0.05, 0) is 48.7 Å². The van der Waals surface area contributed by atoms with Crippen LogP contribution in [-0.4, -0.2) is 31.2 Å². The fourth-order valence-corrected chi connectivity index (χ4v) is 3.23. The molecule has 0 aromatic carbocycles. The molecule has 4 rings (SSSR count). The van der Waals surface area contributed by atoms with Gasteiger partial charge in [0, 0.05) is 38.2 Å². The Morgan fingerprint density at radius 1 is 1.08 bits per heavy atom. The summed E-state index contributed by atoms with van der Waals surface area (Å²) in [5, 5.41) is 4.76.